The van der Waals surface area contributed by atoms with Gasteiger partial charge in [0.2, 0.25) is 5.91 Å². The number of carbonyl (C=O) groups excluding carboxylic acids is 1. The van der Waals surface area contributed by atoms with Crippen LogP contribution in [0.3, 0.4) is 0 Å². The van der Waals surface area contributed by atoms with Crippen LogP contribution in [-0.4, -0.2) is 57.8 Å². The fraction of sp³-hybridized carbons (Fsp3) is 0.538. The lowest BCUT2D eigenvalue weighted by Crippen LogP contribution is -2.39. The smallest absolute Gasteiger partial charge is 0.248 e. The van der Waals surface area contributed by atoms with Crippen molar-refractivity contribution in [2.45, 2.75) is 18.8 Å². The lowest BCUT2D eigenvalue weighted by atomic mass is 9.93. The second-order valence-electron chi connectivity index (χ2n) is 4.95. The molecule has 20 heavy (non-hydrogen) atoms. The molecule has 0 saturated carbocycles. The number of likely N-dealkylation sites (tertiary alicyclic amines) is 1. The molecule has 1 amide bonds. The largest absolute Gasteiger partial charge is 0.375 e. The molecule has 1 aliphatic heterocycles. The van der Waals surface area contributed by atoms with E-state index in [4.69, 9.17) is 4.74 Å². The van der Waals surface area contributed by atoms with Gasteiger partial charge in [0.25, 0.3) is 0 Å². The van der Waals surface area contributed by atoms with Crippen LogP contribution in [0.15, 0.2) is 12.4 Å². The molecule has 0 bridgehead atoms. The average molecular weight is 275 g/mol. The summed E-state index contributed by atoms with van der Waals surface area (Å²) in [6, 6.07) is 0. The molecule has 1 saturated heterocycles. The van der Waals surface area contributed by atoms with Crippen molar-refractivity contribution in [3.63, 3.8) is 0 Å². The SMILES string of the molecule is COCC(=O)N1CCC(c2[nH]nc3nccnc23)CC1. The van der Waals surface area contributed by atoms with Gasteiger partial charge in [-0.1, -0.05) is 0 Å². The Balaban J connectivity index is 1.70. The maximum absolute atomic E-state index is 11.8. The number of rotatable bonds is 3. The number of aromatic amines is 1. The van der Waals surface area contributed by atoms with Crippen molar-refractivity contribution in [3.8, 4) is 0 Å². The van der Waals surface area contributed by atoms with Gasteiger partial charge in [0.1, 0.15) is 12.1 Å². The van der Waals surface area contributed by atoms with E-state index < -0.39 is 0 Å². The van der Waals surface area contributed by atoms with E-state index in [1.807, 2.05) is 4.90 Å². The van der Waals surface area contributed by atoms with E-state index in [2.05, 4.69) is 20.2 Å². The molecule has 3 rings (SSSR count). The molecule has 0 aliphatic carbocycles. The molecule has 0 unspecified atom stereocenters. The van der Waals surface area contributed by atoms with Gasteiger partial charge in [-0.3, -0.25) is 9.89 Å². The number of carbonyl (C=O) groups is 1. The number of ether oxygens (including phenoxy) is 1. The highest BCUT2D eigenvalue weighted by Gasteiger charge is 2.26. The molecule has 1 aliphatic rings. The zero-order valence-corrected chi connectivity index (χ0v) is 11.4. The summed E-state index contributed by atoms with van der Waals surface area (Å²) < 4.78 is 4.89. The second kappa shape index (κ2) is 5.54. The van der Waals surface area contributed by atoms with Crippen molar-refractivity contribution < 1.29 is 9.53 Å². The first-order valence-corrected chi connectivity index (χ1v) is 6.71. The lowest BCUT2D eigenvalue weighted by molar-refractivity contribution is -0.136. The summed E-state index contributed by atoms with van der Waals surface area (Å²) in [4.78, 5) is 22.1. The van der Waals surface area contributed by atoms with Crippen LogP contribution in [0.1, 0.15) is 24.5 Å². The highest BCUT2D eigenvalue weighted by Crippen LogP contribution is 2.29. The normalized spacial score (nSPS) is 16.8. The molecule has 7 heteroatoms. The molecule has 1 fully saturated rings. The van der Waals surface area contributed by atoms with E-state index in [0.717, 1.165) is 37.1 Å². The minimum Gasteiger partial charge on any atom is -0.375 e. The first-order chi connectivity index (χ1) is 9.79. The number of amides is 1. The highest BCUT2D eigenvalue weighted by atomic mass is 16.5. The van der Waals surface area contributed by atoms with Gasteiger partial charge in [0, 0.05) is 38.5 Å². The van der Waals surface area contributed by atoms with Gasteiger partial charge < -0.3 is 9.64 Å². The standard InChI is InChI=1S/C13H17N5O2/c1-20-8-10(19)18-6-2-9(3-7-18)11-12-13(17-16-11)15-5-4-14-12/h4-5,9H,2-3,6-8H2,1H3,(H,15,16,17). The number of piperidine rings is 1. The minimum atomic E-state index is 0.0558. The van der Waals surface area contributed by atoms with E-state index in [1.165, 1.54) is 0 Å². The number of methoxy groups -OCH3 is 1. The Bertz CT molecular complexity index is 604. The Morgan fingerprint density at radius 2 is 2.15 bits per heavy atom. The van der Waals surface area contributed by atoms with Crippen LogP contribution in [0.4, 0.5) is 0 Å². The Labute approximate surface area is 116 Å². The molecule has 1 N–H and O–H groups in total. The summed E-state index contributed by atoms with van der Waals surface area (Å²) in [5.74, 6) is 0.406. The summed E-state index contributed by atoms with van der Waals surface area (Å²) in [6.45, 7) is 1.64. The Morgan fingerprint density at radius 3 is 2.90 bits per heavy atom. The van der Waals surface area contributed by atoms with E-state index in [1.54, 1.807) is 19.5 Å². The molecule has 106 valence electrons. The van der Waals surface area contributed by atoms with E-state index in [0.29, 0.717) is 11.6 Å². The Kier molecular flexibility index (Phi) is 3.60. The van der Waals surface area contributed by atoms with Crippen molar-refractivity contribution in [2.75, 3.05) is 26.8 Å². The third-order valence-corrected chi connectivity index (χ3v) is 3.74. The van der Waals surface area contributed by atoms with Crippen LogP contribution in [0.5, 0.6) is 0 Å². The summed E-state index contributed by atoms with van der Waals surface area (Å²) in [5, 5.41) is 7.23. The molecule has 3 heterocycles. The summed E-state index contributed by atoms with van der Waals surface area (Å²) >= 11 is 0. The Morgan fingerprint density at radius 1 is 1.40 bits per heavy atom. The summed E-state index contributed by atoms with van der Waals surface area (Å²) in [6.07, 6.45) is 5.13. The predicted molar refractivity (Wildman–Crippen MR) is 72.1 cm³/mol. The van der Waals surface area contributed by atoms with E-state index in [-0.39, 0.29) is 12.5 Å². The van der Waals surface area contributed by atoms with Crippen molar-refractivity contribution in [1.82, 2.24) is 25.1 Å². The number of nitrogens with one attached hydrogen (secondary N) is 1. The maximum Gasteiger partial charge on any atom is 0.248 e. The van der Waals surface area contributed by atoms with Gasteiger partial charge in [-0.2, -0.15) is 5.10 Å². The number of aromatic nitrogens is 4. The van der Waals surface area contributed by atoms with Gasteiger partial charge in [0.15, 0.2) is 5.65 Å². The number of hydrogen-bond acceptors (Lipinski definition) is 5. The highest BCUT2D eigenvalue weighted by molar-refractivity contribution is 5.77. The van der Waals surface area contributed by atoms with Crippen LogP contribution in [0.25, 0.3) is 11.2 Å². The number of nitrogens with zero attached hydrogens (tertiary/aromatic N) is 4. The molecule has 2 aromatic heterocycles. The number of hydrogen-bond donors (Lipinski definition) is 1. The van der Waals surface area contributed by atoms with Gasteiger partial charge in [0.05, 0.1) is 5.69 Å². The zero-order valence-electron chi connectivity index (χ0n) is 11.4. The van der Waals surface area contributed by atoms with Crippen LogP contribution in [-0.2, 0) is 9.53 Å². The monoisotopic (exact) mass is 275 g/mol. The summed E-state index contributed by atoms with van der Waals surface area (Å²) in [5.41, 5.74) is 2.53. The topological polar surface area (TPSA) is 84.0 Å². The molecule has 2 aromatic rings. The van der Waals surface area contributed by atoms with Gasteiger partial charge in [-0.05, 0) is 12.8 Å². The first-order valence-electron chi connectivity index (χ1n) is 6.71. The minimum absolute atomic E-state index is 0.0558. The third-order valence-electron chi connectivity index (χ3n) is 3.74. The summed E-state index contributed by atoms with van der Waals surface area (Å²) in [7, 11) is 1.54. The van der Waals surface area contributed by atoms with Gasteiger partial charge in [-0.25, -0.2) is 9.97 Å². The fourth-order valence-electron chi connectivity index (χ4n) is 2.69. The molecular weight excluding hydrogens is 258 g/mol. The molecule has 0 spiro atoms. The molecular formula is C13H17N5O2. The van der Waals surface area contributed by atoms with E-state index in [9.17, 15) is 4.79 Å². The first kappa shape index (κ1) is 13.0. The van der Waals surface area contributed by atoms with Crippen LogP contribution >= 0.6 is 0 Å². The van der Waals surface area contributed by atoms with Gasteiger partial charge >= 0.3 is 0 Å². The molecule has 0 aromatic carbocycles. The maximum atomic E-state index is 11.8. The fourth-order valence-corrected chi connectivity index (χ4v) is 2.69. The second-order valence-corrected chi connectivity index (χ2v) is 4.95. The van der Waals surface area contributed by atoms with Crippen molar-refractivity contribution >= 4 is 17.1 Å². The third kappa shape index (κ3) is 2.36. The van der Waals surface area contributed by atoms with Crippen LogP contribution in [0, 0.1) is 0 Å². The molecule has 7 nitrogen and oxygen atoms in total. The Hall–Kier alpha value is -2.02. The van der Waals surface area contributed by atoms with Gasteiger partial charge in [-0.15, -0.1) is 0 Å². The van der Waals surface area contributed by atoms with Crippen molar-refractivity contribution in [1.29, 1.82) is 0 Å². The number of H-pyrrole nitrogens is 1. The molecule has 0 radical (unpaired) electrons. The quantitative estimate of drug-likeness (QED) is 0.891. The van der Waals surface area contributed by atoms with Crippen LogP contribution in [0.2, 0.25) is 0 Å². The number of fused-ring (bicyclic) bond motifs is 1. The average Bonchev–Trinajstić information content (AvgIpc) is 2.92. The predicted octanol–water partition coefficient (Wildman–Crippen LogP) is 0.705. The zero-order chi connectivity index (χ0) is 13.9. The van der Waals surface area contributed by atoms with E-state index >= 15 is 0 Å². The lowest BCUT2D eigenvalue weighted by Gasteiger charge is -2.31. The van der Waals surface area contributed by atoms with Crippen molar-refractivity contribution in [2.24, 2.45) is 0 Å². The van der Waals surface area contributed by atoms with Crippen molar-refractivity contribution in [3.05, 3.63) is 18.1 Å². The molecule has 0 atom stereocenters. The van der Waals surface area contributed by atoms with Crippen LogP contribution < -0.4 is 0 Å².